The second-order valence-electron chi connectivity index (χ2n) is 4.20. The second-order valence-corrected chi connectivity index (χ2v) is 4.20. The number of nitro groups is 1. The van der Waals surface area contributed by atoms with Gasteiger partial charge >= 0.3 is 0 Å². The van der Waals surface area contributed by atoms with Crippen LogP contribution in [0.15, 0.2) is 18.2 Å². The van der Waals surface area contributed by atoms with Crippen molar-refractivity contribution in [3.63, 3.8) is 0 Å². The fourth-order valence-corrected chi connectivity index (χ4v) is 1.64. The molecule has 0 aliphatic heterocycles. The van der Waals surface area contributed by atoms with Crippen molar-refractivity contribution in [2.45, 2.75) is 25.9 Å². The van der Waals surface area contributed by atoms with Crippen molar-refractivity contribution >= 4 is 5.69 Å². The van der Waals surface area contributed by atoms with Crippen LogP contribution in [0.5, 0.6) is 5.75 Å². The van der Waals surface area contributed by atoms with Crippen molar-refractivity contribution in [1.82, 2.24) is 0 Å². The lowest BCUT2D eigenvalue weighted by Gasteiger charge is -2.13. The monoisotopic (exact) mass is 269 g/mol. The van der Waals surface area contributed by atoms with Gasteiger partial charge in [-0.1, -0.05) is 0 Å². The highest BCUT2D eigenvalue weighted by atomic mass is 16.6. The first-order valence-corrected chi connectivity index (χ1v) is 6.14. The number of nitrogens with zero attached hydrogens (tertiary/aromatic N) is 1. The van der Waals surface area contributed by atoms with Gasteiger partial charge in [0.1, 0.15) is 5.75 Å². The SMILES string of the molecule is COCCCCOc1ccc([N+](=O)[O-])cc1[C@H](C)O. The van der Waals surface area contributed by atoms with Crippen molar-refractivity contribution in [2.24, 2.45) is 0 Å². The van der Waals surface area contributed by atoms with Crippen LogP contribution in [0.3, 0.4) is 0 Å². The summed E-state index contributed by atoms with van der Waals surface area (Å²) in [7, 11) is 1.64. The van der Waals surface area contributed by atoms with E-state index in [1.54, 1.807) is 14.0 Å². The molecule has 6 heteroatoms. The number of non-ortho nitro benzene ring substituents is 1. The largest absolute Gasteiger partial charge is 0.493 e. The van der Waals surface area contributed by atoms with Crippen molar-refractivity contribution < 1.29 is 19.5 Å². The third-order valence-electron chi connectivity index (χ3n) is 2.65. The summed E-state index contributed by atoms with van der Waals surface area (Å²) in [5.41, 5.74) is 0.378. The van der Waals surface area contributed by atoms with E-state index in [1.807, 2.05) is 0 Å². The van der Waals surface area contributed by atoms with Gasteiger partial charge in [-0.15, -0.1) is 0 Å². The van der Waals surface area contributed by atoms with Gasteiger partial charge in [-0.05, 0) is 25.8 Å². The van der Waals surface area contributed by atoms with Crippen LogP contribution in [0, 0.1) is 10.1 Å². The molecule has 1 rings (SSSR count). The van der Waals surface area contributed by atoms with E-state index in [0.717, 1.165) is 12.8 Å². The van der Waals surface area contributed by atoms with Crippen LogP contribution in [0.2, 0.25) is 0 Å². The van der Waals surface area contributed by atoms with Gasteiger partial charge in [-0.25, -0.2) is 0 Å². The molecule has 0 saturated carbocycles. The van der Waals surface area contributed by atoms with E-state index >= 15 is 0 Å². The molecule has 0 aromatic heterocycles. The van der Waals surface area contributed by atoms with Crippen LogP contribution >= 0.6 is 0 Å². The predicted octanol–water partition coefficient (Wildman–Crippen LogP) is 2.45. The molecule has 0 bridgehead atoms. The molecule has 106 valence electrons. The zero-order valence-electron chi connectivity index (χ0n) is 11.2. The van der Waals surface area contributed by atoms with Crippen LogP contribution in [-0.2, 0) is 4.74 Å². The molecule has 0 unspecified atom stereocenters. The standard InChI is InChI=1S/C13H19NO5/c1-10(15)12-9-11(14(16)17)5-6-13(12)19-8-4-3-7-18-2/h5-6,9-10,15H,3-4,7-8H2,1-2H3/t10-/m0/s1. The van der Waals surface area contributed by atoms with Gasteiger partial charge in [0, 0.05) is 31.4 Å². The van der Waals surface area contributed by atoms with E-state index in [4.69, 9.17) is 9.47 Å². The number of aliphatic hydroxyl groups is 1. The third kappa shape index (κ3) is 4.84. The summed E-state index contributed by atoms with van der Waals surface area (Å²) in [4.78, 5) is 10.2. The Balaban J connectivity index is 2.69. The molecule has 1 atom stereocenters. The number of nitro benzene ring substituents is 1. The number of benzene rings is 1. The summed E-state index contributed by atoms with van der Waals surface area (Å²) in [6, 6.07) is 4.24. The number of hydrogen-bond acceptors (Lipinski definition) is 5. The van der Waals surface area contributed by atoms with Crippen LogP contribution in [0.4, 0.5) is 5.69 Å². The predicted molar refractivity (Wildman–Crippen MR) is 70.3 cm³/mol. The lowest BCUT2D eigenvalue weighted by molar-refractivity contribution is -0.385. The lowest BCUT2D eigenvalue weighted by Crippen LogP contribution is -2.04. The first-order chi connectivity index (χ1) is 9.06. The average molecular weight is 269 g/mol. The summed E-state index contributed by atoms with van der Waals surface area (Å²) in [6.07, 6.45) is 0.895. The van der Waals surface area contributed by atoms with E-state index in [1.165, 1.54) is 18.2 Å². The number of ether oxygens (including phenoxy) is 2. The number of aliphatic hydroxyl groups excluding tert-OH is 1. The van der Waals surface area contributed by atoms with Crippen molar-refractivity contribution in [3.8, 4) is 5.75 Å². The van der Waals surface area contributed by atoms with E-state index in [-0.39, 0.29) is 5.69 Å². The maximum atomic E-state index is 10.7. The first kappa shape index (κ1) is 15.4. The van der Waals surface area contributed by atoms with Gasteiger partial charge in [-0.2, -0.15) is 0 Å². The van der Waals surface area contributed by atoms with E-state index in [2.05, 4.69) is 0 Å². The molecular formula is C13H19NO5. The van der Waals surface area contributed by atoms with E-state index in [9.17, 15) is 15.2 Å². The normalized spacial score (nSPS) is 12.2. The number of unbranched alkanes of at least 4 members (excludes halogenated alkanes) is 1. The molecular weight excluding hydrogens is 250 g/mol. The molecule has 1 N–H and O–H groups in total. The molecule has 1 aromatic rings. The fraction of sp³-hybridized carbons (Fsp3) is 0.538. The molecule has 0 spiro atoms. The minimum absolute atomic E-state index is 0.0531. The fourth-order valence-electron chi connectivity index (χ4n) is 1.64. The van der Waals surface area contributed by atoms with E-state index < -0.39 is 11.0 Å². The number of methoxy groups -OCH3 is 1. The quantitative estimate of drug-likeness (QED) is 0.445. The Kier molecular flexibility index (Phi) is 6.24. The summed E-state index contributed by atoms with van der Waals surface area (Å²) in [6.45, 7) is 2.71. The average Bonchev–Trinajstić information content (AvgIpc) is 2.38. The number of hydrogen-bond donors (Lipinski definition) is 1. The summed E-state index contributed by atoms with van der Waals surface area (Å²) in [5, 5.41) is 20.3. The highest BCUT2D eigenvalue weighted by Crippen LogP contribution is 2.29. The first-order valence-electron chi connectivity index (χ1n) is 6.14. The second kappa shape index (κ2) is 7.70. The number of rotatable bonds is 8. The molecule has 0 radical (unpaired) electrons. The zero-order chi connectivity index (χ0) is 14.3. The summed E-state index contributed by atoms with van der Waals surface area (Å²) < 4.78 is 10.5. The Hall–Kier alpha value is -1.66. The molecule has 0 aliphatic carbocycles. The molecule has 0 fully saturated rings. The maximum absolute atomic E-state index is 10.7. The Labute approximate surface area is 112 Å². The summed E-state index contributed by atoms with van der Waals surface area (Å²) >= 11 is 0. The molecule has 1 aromatic carbocycles. The highest BCUT2D eigenvalue weighted by molar-refractivity contribution is 5.44. The topological polar surface area (TPSA) is 81.8 Å². The van der Waals surface area contributed by atoms with Crippen LogP contribution < -0.4 is 4.74 Å². The summed E-state index contributed by atoms with van der Waals surface area (Å²) in [5.74, 6) is 0.484. The van der Waals surface area contributed by atoms with Crippen molar-refractivity contribution in [3.05, 3.63) is 33.9 Å². The Morgan fingerprint density at radius 3 is 2.63 bits per heavy atom. The van der Waals surface area contributed by atoms with Crippen molar-refractivity contribution in [1.29, 1.82) is 0 Å². The van der Waals surface area contributed by atoms with Crippen molar-refractivity contribution in [2.75, 3.05) is 20.3 Å². The van der Waals surface area contributed by atoms with Gasteiger partial charge in [-0.3, -0.25) is 10.1 Å². The minimum atomic E-state index is -0.811. The minimum Gasteiger partial charge on any atom is -0.493 e. The molecule has 0 aliphatic rings. The third-order valence-corrected chi connectivity index (χ3v) is 2.65. The lowest BCUT2D eigenvalue weighted by atomic mass is 10.1. The Morgan fingerprint density at radius 1 is 1.37 bits per heavy atom. The smallest absolute Gasteiger partial charge is 0.270 e. The van der Waals surface area contributed by atoms with E-state index in [0.29, 0.717) is 24.5 Å². The molecule has 0 heterocycles. The van der Waals surface area contributed by atoms with Gasteiger partial charge in [0.2, 0.25) is 0 Å². The van der Waals surface area contributed by atoms with Crippen LogP contribution in [-0.4, -0.2) is 30.4 Å². The molecule has 19 heavy (non-hydrogen) atoms. The van der Waals surface area contributed by atoms with Crippen LogP contribution in [0.25, 0.3) is 0 Å². The van der Waals surface area contributed by atoms with Crippen LogP contribution in [0.1, 0.15) is 31.4 Å². The maximum Gasteiger partial charge on any atom is 0.270 e. The van der Waals surface area contributed by atoms with Gasteiger partial charge in [0.05, 0.1) is 17.6 Å². The van der Waals surface area contributed by atoms with Gasteiger partial charge in [0.25, 0.3) is 5.69 Å². The van der Waals surface area contributed by atoms with Gasteiger partial charge < -0.3 is 14.6 Å². The highest BCUT2D eigenvalue weighted by Gasteiger charge is 2.15. The molecule has 6 nitrogen and oxygen atoms in total. The Bertz CT molecular complexity index is 419. The zero-order valence-corrected chi connectivity index (χ0v) is 11.2. The molecule has 0 saturated heterocycles. The van der Waals surface area contributed by atoms with Gasteiger partial charge in [0.15, 0.2) is 0 Å². The molecule has 0 amide bonds. The Morgan fingerprint density at radius 2 is 2.05 bits per heavy atom.